The van der Waals surface area contributed by atoms with Gasteiger partial charge in [-0.3, -0.25) is 4.79 Å². The zero-order chi connectivity index (χ0) is 89.6. The second kappa shape index (κ2) is 39.2. The van der Waals surface area contributed by atoms with Crippen LogP contribution in [0.5, 0.6) is 0 Å². The van der Waals surface area contributed by atoms with Gasteiger partial charge in [-0.25, -0.2) is 0 Å². The first kappa shape index (κ1) is 97.8. The molecule has 4 aliphatic carbocycles. The van der Waals surface area contributed by atoms with E-state index in [4.69, 9.17) is 85.3 Å². The Morgan fingerprint density at radius 2 is 0.610 bits per heavy atom. The Hall–Kier alpha value is -2.67. The lowest BCUT2D eigenvalue weighted by atomic mass is 9.40. The fraction of sp³-hybridized carbons (Fsp3) is 0.959. The average Bonchev–Trinajstić information content (AvgIpc) is 1.48. The van der Waals surface area contributed by atoms with Crippen molar-refractivity contribution in [2.45, 2.75) is 353 Å². The van der Waals surface area contributed by atoms with Gasteiger partial charge < -0.3 is 238 Å². The number of ether oxygens (including phenoxy) is 18. The highest BCUT2D eigenvalue weighted by Gasteiger charge is 2.73. The van der Waals surface area contributed by atoms with Crippen molar-refractivity contribution in [2.24, 2.45) is 28.1 Å². The van der Waals surface area contributed by atoms with Crippen molar-refractivity contribution < 1.29 is 243 Å². The minimum Gasteiger partial charge on any atom is -0.432 e. The van der Waals surface area contributed by atoms with Crippen molar-refractivity contribution in [3.8, 4) is 0 Å². The number of hydrogen-bond donors (Lipinski definition) is 30. The summed E-state index contributed by atoms with van der Waals surface area (Å²) < 4.78 is 110. The van der Waals surface area contributed by atoms with Gasteiger partial charge >= 0.3 is 5.97 Å². The van der Waals surface area contributed by atoms with Crippen molar-refractivity contribution in [3.63, 3.8) is 0 Å². The van der Waals surface area contributed by atoms with Crippen molar-refractivity contribution in [1.82, 2.24) is 0 Å². The number of aliphatic hydroxyl groups excluding tert-OH is 30. The number of esters is 1. The normalized spacial score (nSPS) is 54.7. The summed E-state index contributed by atoms with van der Waals surface area (Å²) in [5.41, 5.74) is -5.58. The van der Waals surface area contributed by atoms with Crippen LogP contribution in [0, 0.1) is 28.1 Å². The monoisotopic (exact) mass is 1790 g/mol. The summed E-state index contributed by atoms with van der Waals surface area (Å²) in [7, 11) is 0. The van der Waals surface area contributed by atoms with Crippen LogP contribution in [0.1, 0.15) is 65.2 Å². The Morgan fingerprint density at radius 1 is 0.325 bits per heavy atom. The zero-order valence-electron chi connectivity index (χ0n) is 66.6. The molecule has 0 amide bonds. The molecule has 13 aliphatic rings. The smallest absolute Gasteiger partial charge is 0.314 e. The first-order valence-corrected chi connectivity index (χ1v) is 41.1. The second-order valence-corrected chi connectivity index (χ2v) is 34.9. The third-order valence-electron chi connectivity index (χ3n) is 27.8. The number of carbonyl (C=O) groups is 1. The van der Waals surface area contributed by atoms with E-state index >= 15 is 4.79 Å². The van der Waals surface area contributed by atoms with E-state index in [1.807, 2.05) is 6.92 Å². The summed E-state index contributed by atoms with van der Waals surface area (Å²) in [5.74, 6) is -2.50. The summed E-state index contributed by atoms with van der Waals surface area (Å²) in [6.07, 6.45) is -94.0. The number of fused-ring (bicyclic) bond motifs is 3. The Balaban J connectivity index is 0.831. The van der Waals surface area contributed by atoms with Crippen LogP contribution in [0.4, 0.5) is 0 Å². The van der Waals surface area contributed by atoms with Crippen molar-refractivity contribution >= 4 is 5.97 Å². The van der Waals surface area contributed by atoms with Gasteiger partial charge in [0.25, 0.3) is 0 Å². The van der Waals surface area contributed by atoms with E-state index in [0.717, 1.165) is 0 Å². The summed E-state index contributed by atoms with van der Waals surface area (Å²) in [6, 6.07) is 0. The molecule has 9 aliphatic heterocycles. The van der Waals surface area contributed by atoms with Crippen molar-refractivity contribution in [2.75, 3.05) is 59.5 Å². The minimum absolute atomic E-state index is 0.0111. The van der Waals surface area contributed by atoms with Crippen LogP contribution < -0.4 is 0 Å². The maximum absolute atomic E-state index is 16.2. The molecule has 49 nitrogen and oxygen atoms in total. The van der Waals surface area contributed by atoms with Crippen LogP contribution in [0.2, 0.25) is 0 Å². The van der Waals surface area contributed by atoms with Gasteiger partial charge in [0, 0.05) is 5.41 Å². The molecule has 13 fully saturated rings. The topological polar surface area (TPSA) is 790 Å². The Labute approximate surface area is 700 Å². The molecule has 0 radical (unpaired) electrons. The summed E-state index contributed by atoms with van der Waals surface area (Å²) in [4.78, 5) is 16.2. The molecule has 0 aromatic heterocycles. The number of rotatable bonds is 27. The fourth-order valence-electron chi connectivity index (χ4n) is 20.8. The van der Waals surface area contributed by atoms with Gasteiger partial charge in [-0.2, -0.15) is 0 Å². The van der Waals surface area contributed by atoms with Gasteiger partial charge in [-0.05, 0) is 74.7 Å². The standard InChI is InChI=1S/C74H120O49/c1-21-60(104)73-9-5-31-71(2,32(73)6-10-74(21,20-73)123-69-59(121-66-53(103)47(97)38(88)27(16-80)112-66)55(40(90)29(18-82)114-69)117-62-49(99)43(93)34(84)23(12-76)108-62)7-4-8-72(31,3)70(105)122-68-58(120-65-52(102)46(96)37(87)26(15-79)111-65)56(118-63-50(100)44(94)35(85)24(13-77)109-63)41(91)30(115-68)19-106-67-57(119-64-51(101)45(95)36(86)25(14-78)110-64)54(39(89)28(17-81)113-67)116-61-48(98)42(92)33(83)22(11-75)107-61/h22-69,75-104H,1,4-20H2,2-3H3/t22?,23?,24?,25?,26?,27?,28?,29?,30?,31-,32-,33?,34?,35?,36?,37?,38?,39?,40?,41?,42?,43?,44?,45?,46?,47?,48?,49?,50?,51?,52?,53?,54?,55?,56?,57?,58?,59?,60-,61?,62?,63?,64?,65?,66?,67?,68?,69?,71+,72+,73+,74?/m0/s1. The summed E-state index contributed by atoms with van der Waals surface area (Å²) in [5, 5.41) is 332. The predicted octanol–water partition coefficient (Wildman–Crippen LogP) is -17.0. The molecule has 49 heteroatoms. The van der Waals surface area contributed by atoms with Crippen LogP contribution in [-0.4, -0.2) is 507 Å². The molecular formula is C74H120O49. The lowest BCUT2D eigenvalue weighted by Gasteiger charge is -2.64. The molecule has 9 saturated heterocycles. The molecule has 13 rings (SSSR count). The van der Waals surface area contributed by atoms with Crippen LogP contribution in [-0.2, 0) is 90.1 Å². The molecule has 0 aromatic carbocycles. The van der Waals surface area contributed by atoms with Gasteiger partial charge in [0.05, 0.1) is 76.6 Å². The Bertz CT molecular complexity index is 3430. The molecule has 9 heterocycles. The quantitative estimate of drug-likeness (QED) is 0.0206. The summed E-state index contributed by atoms with van der Waals surface area (Å²) in [6.45, 7) is -1.57. The number of hydrogen-bond acceptors (Lipinski definition) is 49. The molecule has 4 saturated carbocycles. The third-order valence-corrected chi connectivity index (χ3v) is 27.8. The molecule has 2 bridgehead atoms. The van der Waals surface area contributed by atoms with Crippen LogP contribution >= 0.6 is 0 Å². The lowest BCUT2D eigenvalue weighted by Crippen LogP contribution is -2.68. The SMILES string of the molecule is C=C1[C@H](O)[C@@]23CC[C@H]4[C@@](C)(CCC[C@@]4(C)C(=O)OC4OC(COC5OC(CO)C(O)C(OC6OC(CO)C(O)C(O)C6O)C5OC5OC(CO)C(O)C(O)C5O)C(O)C(OC5OC(CO)C(O)C(O)C5O)C4OC4OC(CO)C(O)C(O)C4O)[C@@H]2CCC1(OC1OC(CO)C(O)C(OC2OC(CO)C(O)C(O)C2O)C1OC1OC(CO)C(O)C(O)C1O)C3. The van der Waals surface area contributed by atoms with Crippen LogP contribution in [0.15, 0.2) is 12.2 Å². The predicted molar refractivity (Wildman–Crippen MR) is 384 cm³/mol. The highest BCUT2D eigenvalue weighted by Crippen LogP contribution is 2.74. The molecule has 710 valence electrons. The number of aliphatic hydroxyl groups is 30. The largest absolute Gasteiger partial charge is 0.432 e. The van der Waals surface area contributed by atoms with Gasteiger partial charge in [0.1, 0.15) is 214 Å². The average molecular weight is 1790 g/mol. The number of carbonyl (C=O) groups excluding carboxylic acids is 1. The maximum atomic E-state index is 16.2. The summed E-state index contributed by atoms with van der Waals surface area (Å²) >= 11 is 0. The maximum Gasteiger partial charge on any atom is 0.314 e. The fourth-order valence-corrected chi connectivity index (χ4v) is 20.8. The molecular weight excluding hydrogens is 1670 g/mol. The van der Waals surface area contributed by atoms with E-state index in [-0.39, 0.29) is 50.5 Å². The zero-order valence-corrected chi connectivity index (χ0v) is 66.6. The molecule has 46 unspecified atom stereocenters. The van der Waals surface area contributed by atoms with E-state index < -0.39 is 382 Å². The molecule has 1 spiro atoms. The Morgan fingerprint density at radius 3 is 0.959 bits per heavy atom. The Kier molecular flexibility index (Phi) is 31.2. The van der Waals surface area contributed by atoms with E-state index in [1.165, 1.54) is 0 Å². The van der Waals surface area contributed by atoms with E-state index in [1.54, 1.807) is 6.92 Å². The first-order valence-electron chi connectivity index (χ1n) is 41.1. The van der Waals surface area contributed by atoms with E-state index in [2.05, 4.69) is 6.58 Å². The third kappa shape index (κ3) is 17.9. The molecule has 52 atom stereocenters. The first-order chi connectivity index (χ1) is 58.2. The van der Waals surface area contributed by atoms with Gasteiger partial charge in [-0.1, -0.05) is 19.9 Å². The van der Waals surface area contributed by atoms with Crippen LogP contribution in [0.25, 0.3) is 0 Å². The van der Waals surface area contributed by atoms with Gasteiger partial charge in [-0.15, -0.1) is 0 Å². The van der Waals surface area contributed by atoms with Gasteiger partial charge in [0.2, 0.25) is 6.29 Å². The van der Waals surface area contributed by atoms with E-state index in [9.17, 15) is 153 Å². The van der Waals surface area contributed by atoms with Crippen LogP contribution in [0.3, 0.4) is 0 Å². The molecule has 123 heavy (non-hydrogen) atoms. The highest BCUT2D eigenvalue weighted by molar-refractivity contribution is 5.77. The van der Waals surface area contributed by atoms with Gasteiger partial charge in [0.15, 0.2) is 56.4 Å². The molecule has 0 aromatic rings. The molecule has 30 N–H and O–H groups in total. The lowest BCUT2D eigenvalue weighted by molar-refractivity contribution is -0.402. The van der Waals surface area contributed by atoms with E-state index in [0.29, 0.717) is 6.42 Å². The van der Waals surface area contributed by atoms with Crippen molar-refractivity contribution in [3.05, 3.63) is 12.2 Å². The minimum atomic E-state index is -2.42. The highest BCUT2D eigenvalue weighted by atomic mass is 16.8. The second-order valence-electron chi connectivity index (χ2n) is 34.9. The van der Waals surface area contributed by atoms with Crippen molar-refractivity contribution in [1.29, 1.82) is 0 Å².